The van der Waals surface area contributed by atoms with Crippen LogP contribution < -0.4 is 82.2 Å². The number of rotatable bonds is 44. The Kier molecular flexibility index (Phi) is 32.9. The molecule has 25 nitrogen and oxygen atoms in total. The van der Waals surface area contributed by atoms with Crippen LogP contribution in [0.2, 0.25) is 0 Å². The van der Waals surface area contributed by atoms with E-state index in [0.29, 0.717) is 50.6 Å². The summed E-state index contributed by atoms with van der Waals surface area (Å²) in [4.78, 5) is 70.7. The van der Waals surface area contributed by atoms with E-state index in [-0.39, 0.29) is 98.2 Å². The average molecular weight is 1760 g/mol. The van der Waals surface area contributed by atoms with Gasteiger partial charge >= 0.3 is 0 Å². The summed E-state index contributed by atoms with van der Waals surface area (Å²) in [6.45, 7) is 107. The van der Waals surface area contributed by atoms with Crippen LogP contribution in [-0.4, -0.2) is 235 Å². The van der Waals surface area contributed by atoms with Gasteiger partial charge in [0.1, 0.15) is 0 Å². The van der Waals surface area contributed by atoms with Crippen LogP contribution in [0.3, 0.4) is 0 Å². The molecule has 25 heteroatoms. The molecule has 0 saturated carbocycles. The van der Waals surface area contributed by atoms with Crippen molar-refractivity contribution in [2.24, 2.45) is 65.0 Å². The Hall–Kier alpha value is -5.05. The van der Waals surface area contributed by atoms with Gasteiger partial charge < -0.3 is 82.2 Å². The van der Waals surface area contributed by atoms with Gasteiger partial charge in [0.05, 0.1) is 33.2 Å². The maximum atomic E-state index is 6.01. The molecule has 3 aromatic rings. The van der Waals surface area contributed by atoms with E-state index in [1.54, 1.807) is 0 Å². The van der Waals surface area contributed by atoms with Crippen LogP contribution in [0.25, 0.3) is 0 Å². The SMILES string of the molecule is CCCCN(c1nc(NCCCNCCN(CCCNc2nc(N(CCCC)C3(C)C(C)(C)CNCC3(C)C)nc(N(CCCC)C3(C)C(C)(C)CNCC3(C)C)n2)c2nc(N(CCCC)C3(C)C(C)(C)CNCC3(C)C)nc(N(CCCC)C3(C)C(C)(C)CNCC3(C)C)n2)nc(N(CCCC)C2(C)C(C)(C)CNCC2(C)C)n1)C1(C)C(C)(C)CNCC1(C)C. The number of nitrogens with zero attached hydrogens (tertiary/aromatic N) is 16. The zero-order valence-electron chi connectivity index (χ0n) is 88.0. The van der Waals surface area contributed by atoms with E-state index in [1.807, 2.05) is 0 Å². The second-order valence-corrected chi connectivity index (χ2v) is 48.7. The first-order chi connectivity index (χ1) is 58.5. The van der Waals surface area contributed by atoms with E-state index < -0.39 is 0 Å². The second-order valence-electron chi connectivity index (χ2n) is 48.7. The molecule has 0 amide bonds. The molecule has 0 aliphatic carbocycles. The Balaban J connectivity index is 1.17. The van der Waals surface area contributed by atoms with Crippen molar-refractivity contribution in [2.45, 2.75) is 372 Å². The van der Waals surface area contributed by atoms with Gasteiger partial charge in [-0.3, -0.25) is 0 Å². The lowest BCUT2D eigenvalue weighted by Gasteiger charge is -2.63. The highest BCUT2D eigenvalue weighted by Gasteiger charge is 2.65. The van der Waals surface area contributed by atoms with Crippen molar-refractivity contribution in [2.75, 3.05) is 202 Å². The average Bonchev–Trinajstić information content (AvgIpc) is 0.719. The molecule has 3 aromatic heterocycles. The number of nitrogens with one attached hydrogen (secondary N) is 9. The van der Waals surface area contributed by atoms with Gasteiger partial charge in [0.2, 0.25) is 53.5 Å². The van der Waals surface area contributed by atoms with Gasteiger partial charge in [-0.05, 0) is 99.5 Å². The molecule has 0 atom stereocenters. The fraction of sp³-hybridized carbons (Fsp3) is 0.911. The van der Waals surface area contributed by atoms with E-state index in [9.17, 15) is 0 Å². The Morgan fingerprint density at radius 1 is 0.206 bits per heavy atom. The van der Waals surface area contributed by atoms with Gasteiger partial charge in [0.25, 0.3) is 0 Å². The van der Waals surface area contributed by atoms with E-state index >= 15 is 0 Å². The summed E-state index contributed by atoms with van der Waals surface area (Å²) in [5, 5.41) is 35.2. The lowest BCUT2D eigenvalue weighted by Crippen LogP contribution is -2.73. The van der Waals surface area contributed by atoms with Crippen LogP contribution in [0.5, 0.6) is 0 Å². The minimum absolute atomic E-state index is 0.121. The third kappa shape index (κ3) is 19.4. The first kappa shape index (κ1) is 105. The Morgan fingerprint density at radius 2 is 0.389 bits per heavy atom. The number of hydrogen-bond donors (Lipinski definition) is 9. The minimum atomic E-state index is -0.369. The molecule has 6 fully saturated rings. The van der Waals surface area contributed by atoms with E-state index in [1.165, 1.54) is 0 Å². The number of piperidine rings is 6. The van der Waals surface area contributed by atoms with Gasteiger partial charge in [-0.1, -0.05) is 246 Å². The number of hydrogen-bond acceptors (Lipinski definition) is 25. The minimum Gasteiger partial charge on any atom is -0.354 e. The van der Waals surface area contributed by atoms with E-state index in [2.05, 4.69) is 331 Å². The highest BCUT2D eigenvalue weighted by atomic mass is 15.5. The molecule has 0 aromatic carbocycles. The van der Waals surface area contributed by atoms with Crippen molar-refractivity contribution in [3.63, 3.8) is 0 Å². The molecule has 0 bridgehead atoms. The first-order valence-corrected chi connectivity index (χ1v) is 50.6. The second kappa shape index (κ2) is 39.6. The molecule has 722 valence electrons. The predicted molar refractivity (Wildman–Crippen MR) is 537 cm³/mol. The summed E-state index contributed by atoms with van der Waals surface area (Å²) >= 11 is 0. The standard InChI is InChI=1S/C101H193N25/c1-37-43-56-121(96(31)84(7,8)63-103-64-85(96,9)10)78-111-75(112-79(117-78)122(57-44-38-2)97(32)86(11,12)65-104-66-87(97,13)14)109-52-49-51-102-54-62-120(77-115-82(125(60-47-41-5)100(35)92(23,24)71-107-72-93(100,25)26)119-83(116-77)126(61-48-42-6)101(36)94(27,28)73-108-74-95(101,29)30)55-50-53-110-76-113-80(123(58-45-39-3)98(33)88(15,16)67-105-68-89(98,17)18)118-81(114-76)124(59-46-40-4)99(34)90(19,20)69-106-70-91(99,21)22/h102-108H,37-74H2,1-36H3,(H,109,111,112,117)(H,110,113,114,118). The smallest absolute Gasteiger partial charge is 0.232 e. The molecule has 6 aliphatic rings. The highest BCUT2D eigenvalue weighted by molar-refractivity contribution is 5.56. The van der Waals surface area contributed by atoms with Gasteiger partial charge in [-0.15, -0.1) is 0 Å². The maximum absolute atomic E-state index is 6.01. The van der Waals surface area contributed by atoms with Gasteiger partial charge in [0.15, 0.2) is 0 Å². The summed E-state index contributed by atoms with van der Waals surface area (Å²) in [6.07, 6.45) is 14.0. The summed E-state index contributed by atoms with van der Waals surface area (Å²) in [6, 6.07) is 0. The van der Waals surface area contributed by atoms with E-state index in [4.69, 9.17) is 44.9 Å². The Labute approximate surface area is 770 Å². The van der Waals surface area contributed by atoms with Gasteiger partial charge in [-0.25, -0.2) is 0 Å². The summed E-state index contributed by atoms with van der Waals surface area (Å²) in [5.74, 6) is 6.53. The molecule has 0 spiro atoms. The Morgan fingerprint density at radius 3 is 0.587 bits per heavy atom. The Bertz CT molecular complexity index is 3650. The van der Waals surface area contributed by atoms with Crippen molar-refractivity contribution in [1.29, 1.82) is 0 Å². The molecule has 126 heavy (non-hydrogen) atoms. The van der Waals surface area contributed by atoms with Crippen molar-refractivity contribution in [3.8, 4) is 0 Å². The van der Waals surface area contributed by atoms with Crippen LogP contribution in [0.1, 0.15) is 339 Å². The van der Waals surface area contributed by atoms with Crippen LogP contribution in [0.15, 0.2) is 0 Å². The fourth-order valence-electron chi connectivity index (χ4n) is 24.7. The van der Waals surface area contributed by atoms with Crippen LogP contribution in [-0.2, 0) is 0 Å². The molecule has 0 unspecified atom stereocenters. The molecular weight excluding hydrogens is 1560 g/mol. The number of aromatic nitrogens is 9. The number of anilines is 9. The summed E-state index contributed by atoms with van der Waals surface area (Å²) < 4.78 is 0. The van der Waals surface area contributed by atoms with Crippen LogP contribution >= 0.6 is 0 Å². The maximum Gasteiger partial charge on any atom is 0.232 e. The van der Waals surface area contributed by atoms with Gasteiger partial charge in [0, 0.05) is 216 Å². The number of unbranched alkanes of at least 4 members (excludes halogenated alkanes) is 6. The summed E-state index contributed by atoms with van der Waals surface area (Å²) in [5.41, 5.74) is -3.78. The predicted octanol–water partition coefficient (Wildman–Crippen LogP) is 17.8. The van der Waals surface area contributed by atoms with Crippen LogP contribution in [0, 0.1) is 65.0 Å². The summed E-state index contributed by atoms with van der Waals surface area (Å²) in [7, 11) is 0. The molecule has 9 rings (SSSR count). The zero-order valence-corrected chi connectivity index (χ0v) is 88.0. The topological polar surface area (TPSA) is 247 Å². The largest absolute Gasteiger partial charge is 0.354 e. The van der Waals surface area contributed by atoms with Gasteiger partial charge in [-0.2, -0.15) is 44.9 Å². The molecular formula is C101H193N25. The van der Waals surface area contributed by atoms with Crippen LogP contribution in [0.4, 0.5) is 53.5 Å². The monoisotopic (exact) mass is 1760 g/mol. The third-order valence-corrected chi connectivity index (χ3v) is 36.1. The lowest BCUT2D eigenvalue weighted by atomic mass is 9.56. The molecule has 6 saturated heterocycles. The molecule has 9 N–H and O–H groups in total. The molecule has 0 radical (unpaired) electrons. The van der Waals surface area contributed by atoms with E-state index in [0.717, 1.165) is 250 Å². The van der Waals surface area contributed by atoms with Crippen molar-refractivity contribution in [1.82, 2.24) is 82.1 Å². The quantitative estimate of drug-likeness (QED) is 0.0239. The third-order valence-electron chi connectivity index (χ3n) is 36.1. The first-order valence-electron chi connectivity index (χ1n) is 50.6. The fourth-order valence-corrected chi connectivity index (χ4v) is 24.7. The molecule has 9 heterocycles. The van der Waals surface area contributed by atoms with Crippen molar-refractivity contribution >= 4 is 53.5 Å². The highest BCUT2D eigenvalue weighted by Crippen LogP contribution is 2.59. The molecule has 6 aliphatic heterocycles. The van der Waals surface area contributed by atoms with Crippen molar-refractivity contribution < 1.29 is 0 Å². The normalized spacial score (nSPS) is 23.6. The zero-order chi connectivity index (χ0) is 93.8. The lowest BCUT2D eigenvalue weighted by molar-refractivity contribution is 0.00310. The van der Waals surface area contributed by atoms with Crippen molar-refractivity contribution in [3.05, 3.63) is 0 Å².